The fraction of sp³-hybridized carbons (Fsp3) is 0.300. The SMILES string of the molecule is COC(OC(=O)Nc1cccc(CO/N=C(/c2ccccc2)c2nnnn2C)n1)(C(F)(F)F)C(F)(F)F. The van der Waals surface area contributed by atoms with Gasteiger partial charge in [0, 0.05) is 19.7 Å². The number of aryl methyl sites for hydroxylation is 1. The first-order valence-electron chi connectivity index (χ1n) is 10.0. The molecule has 37 heavy (non-hydrogen) atoms. The van der Waals surface area contributed by atoms with Crippen molar-refractivity contribution in [1.82, 2.24) is 25.2 Å². The molecule has 0 fully saturated rings. The van der Waals surface area contributed by atoms with E-state index in [0.29, 0.717) is 5.56 Å². The number of carbonyl (C=O) groups is 1. The molecule has 0 saturated heterocycles. The van der Waals surface area contributed by atoms with Crippen molar-refractivity contribution < 1.29 is 45.4 Å². The Morgan fingerprint density at radius 1 is 1.03 bits per heavy atom. The standard InChI is InChI=1S/C20H17F6N7O4/c1-33-16(29-31-32-33)15(12-7-4-3-5-8-12)30-36-11-13-9-6-10-14(27-13)28-17(34)37-18(35-2,19(21,22)23)20(24,25)26/h3-10H,11H2,1-2H3,(H,27,28,34)/b30-15-. The van der Waals surface area contributed by atoms with Crippen LogP contribution in [-0.2, 0) is 28.0 Å². The molecule has 2 heterocycles. The number of carbonyl (C=O) groups excluding carboxylic acids is 1. The van der Waals surface area contributed by atoms with Crippen LogP contribution in [0.15, 0.2) is 53.7 Å². The van der Waals surface area contributed by atoms with Crippen LogP contribution in [0.5, 0.6) is 0 Å². The summed E-state index contributed by atoms with van der Waals surface area (Å²) in [6.45, 7) is -0.306. The van der Waals surface area contributed by atoms with Crippen molar-refractivity contribution in [3.8, 4) is 0 Å². The number of rotatable bonds is 8. The maximum absolute atomic E-state index is 13.1. The van der Waals surface area contributed by atoms with Crippen LogP contribution in [0.2, 0.25) is 0 Å². The van der Waals surface area contributed by atoms with Gasteiger partial charge >= 0.3 is 24.2 Å². The Hall–Kier alpha value is -4.28. The first-order valence-corrected chi connectivity index (χ1v) is 10.0. The highest BCUT2D eigenvalue weighted by atomic mass is 19.4. The third-order valence-electron chi connectivity index (χ3n) is 4.55. The summed E-state index contributed by atoms with van der Waals surface area (Å²) in [5.74, 6) is -5.33. The molecule has 1 amide bonds. The topological polar surface area (TPSA) is 126 Å². The van der Waals surface area contributed by atoms with Crippen molar-refractivity contribution in [2.75, 3.05) is 12.4 Å². The van der Waals surface area contributed by atoms with Gasteiger partial charge in [-0.1, -0.05) is 41.6 Å². The molecular weight excluding hydrogens is 516 g/mol. The van der Waals surface area contributed by atoms with Gasteiger partial charge in [-0.25, -0.2) is 14.5 Å². The third kappa shape index (κ3) is 6.11. The number of hydrogen-bond donors (Lipinski definition) is 1. The molecule has 3 rings (SSSR count). The van der Waals surface area contributed by atoms with Crippen molar-refractivity contribution in [2.24, 2.45) is 12.2 Å². The highest BCUT2D eigenvalue weighted by Gasteiger charge is 2.76. The van der Waals surface area contributed by atoms with Crippen molar-refractivity contribution in [3.63, 3.8) is 0 Å². The summed E-state index contributed by atoms with van der Waals surface area (Å²) in [5.41, 5.74) is 0.985. The van der Waals surface area contributed by atoms with Crippen LogP contribution >= 0.6 is 0 Å². The van der Waals surface area contributed by atoms with Gasteiger partial charge in [-0.05, 0) is 22.6 Å². The van der Waals surface area contributed by atoms with Gasteiger partial charge in [0.1, 0.15) is 5.82 Å². The van der Waals surface area contributed by atoms with E-state index in [1.165, 1.54) is 16.8 Å². The summed E-state index contributed by atoms with van der Waals surface area (Å²) in [6.07, 6.45) is -14.3. The maximum atomic E-state index is 13.1. The van der Waals surface area contributed by atoms with E-state index in [4.69, 9.17) is 4.84 Å². The van der Waals surface area contributed by atoms with Crippen LogP contribution in [0.25, 0.3) is 0 Å². The largest absolute Gasteiger partial charge is 0.465 e. The van der Waals surface area contributed by atoms with Gasteiger partial charge in [0.2, 0.25) is 5.82 Å². The fourth-order valence-corrected chi connectivity index (χ4v) is 2.85. The number of halogens is 6. The molecule has 1 N–H and O–H groups in total. The molecular formula is C20H17F6N7O4. The Balaban J connectivity index is 1.74. The number of methoxy groups -OCH3 is 1. The van der Waals surface area contributed by atoms with E-state index in [1.54, 1.807) is 42.7 Å². The molecule has 0 bridgehead atoms. The molecule has 0 unspecified atom stereocenters. The lowest BCUT2D eigenvalue weighted by molar-refractivity contribution is -0.447. The third-order valence-corrected chi connectivity index (χ3v) is 4.55. The summed E-state index contributed by atoms with van der Waals surface area (Å²) in [5, 5.41) is 16.9. The maximum Gasteiger partial charge on any atom is 0.465 e. The Kier molecular flexibility index (Phi) is 7.95. The van der Waals surface area contributed by atoms with Crippen LogP contribution in [0.3, 0.4) is 0 Å². The predicted octanol–water partition coefficient (Wildman–Crippen LogP) is 3.59. The Morgan fingerprint density at radius 3 is 2.27 bits per heavy atom. The molecule has 198 valence electrons. The second-order valence-corrected chi connectivity index (χ2v) is 7.05. The molecule has 0 aliphatic heterocycles. The van der Waals surface area contributed by atoms with Crippen LogP contribution in [0.1, 0.15) is 17.1 Å². The van der Waals surface area contributed by atoms with Crippen LogP contribution in [0.4, 0.5) is 37.0 Å². The predicted molar refractivity (Wildman–Crippen MR) is 112 cm³/mol. The van der Waals surface area contributed by atoms with Crippen molar-refractivity contribution >= 4 is 17.6 Å². The molecule has 0 atom stereocenters. The number of anilines is 1. The highest BCUT2D eigenvalue weighted by molar-refractivity contribution is 6.10. The molecule has 0 radical (unpaired) electrons. The van der Waals surface area contributed by atoms with E-state index < -0.39 is 30.1 Å². The van der Waals surface area contributed by atoms with E-state index in [0.717, 1.165) is 6.07 Å². The van der Waals surface area contributed by atoms with Crippen LogP contribution < -0.4 is 5.32 Å². The average Bonchev–Trinajstić information content (AvgIpc) is 3.25. The van der Waals surface area contributed by atoms with E-state index in [-0.39, 0.29) is 30.9 Å². The molecule has 0 spiro atoms. The summed E-state index contributed by atoms with van der Waals surface area (Å²) < 4.78 is 87.0. The Morgan fingerprint density at radius 2 is 1.70 bits per heavy atom. The summed E-state index contributed by atoms with van der Waals surface area (Å²) in [4.78, 5) is 21.1. The van der Waals surface area contributed by atoms with E-state index in [1.807, 2.05) is 0 Å². The molecule has 3 aromatic rings. The zero-order valence-corrected chi connectivity index (χ0v) is 18.9. The quantitative estimate of drug-likeness (QED) is 0.202. The lowest BCUT2D eigenvalue weighted by Gasteiger charge is -2.34. The number of benzene rings is 1. The number of oxime groups is 1. The van der Waals surface area contributed by atoms with Gasteiger partial charge in [-0.3, -0.25) is 5.32 Å². The van der Waals surface area contributed by atoms with Gasteiger partial charge in [0.25, 0.3) is 0 Å². The second kappa shape index (κ2) is 10.8. The molecule has 0 aliphatic carbocycles. The van der Waals surface area contributed by atoms with Gasteiger partial charge in [-0.15, -0.1) is 5.10 Å². The summed E-state index contributed by atoms with van der Waals surface area (Å²) in [6, 6.07) is 12.6. The number of nitrogens with zero attached hydrogens (tertiary/aromatic N) is 6. The Labute approximate surface area is 204 Å². The van der Waals surface area contributed by atoms with Crippen molar-refractivity contribution in [2.45, 2.75) is 24.7 Å². The molecule has 0 aliphatic rings. The van der Waals surface area contributed by atoms with Crippen LogP contribution in [0, 0.1) is 0 Å². The molecule has 2 aromatic heterocycles. The number of aromatic nitrogens is 5. The minimum absolute atomic E-state index is 0.103. The Bertz CT molecular complexity index is 1230. The number of ether oxygens (including phenoxy) is 2. The number of tetrazole rings is 1. The van der Waals surface area contributed by atoms with Gasteiger partial charge < -0.3 is 14.3 Å². The van der Waals surface area contributed by atoms with Crippen molar-refractivity contribution in [3.05, 3.63) is 65.6 Å². The minimum Gasteiger partial charge on any atom is -0.399 e. The first kappa shape index (κ1) is 27.3. The molecule has 0 saturated carbocycles. The monoisotopic (exact) mass is 533 g/mol. The number of nitrogens with one attached hydrogen (secondary N) is 1. The molecule has 1 aromatic carbocycles. The smallest absolute Gasteiger partial charge is 0.399 e. The zero-order chi connectivity index (χ0) is 27.3. The number of amides is 1. The summed E-state index contributed by atoms with van der Waals surface area (Å²) in [7, 11) is 1.69. The lowest BCUT2D eigenvalue weighted by atomic mass is 10.1. The fourth-order valence-electron chi connectivity index (χ4n) is 2.85. The van der Waals surface area contributed by atoms with E-state index >= 15 is 0 Å². The molecule has 11 nitrogen and oxygen atoms in total. The number of hydrogen-bond acceptors (Lipinski definition) is 9. The summed E-state index contributed by atoms with van der Waals surface area (Å²) >= 11 is 0. The zero-order valence-electron chi connectivity index (χ0n) is 18.9. The highest BCUT2D eigenvalue weighted by Crippen LogP contribution is 2.46. The van der Waals surface area contributed by atoms with E-state index in [2.05, 4.69) is 35.1 Å². The van der Waals surface area contributed by atoms with Gasteiger partial charge in [-0.2, -0.15) is 26.3 Å². The average molecular weight is 533 g/mol. The second-order valence-electron chi connectivity index (χ2n) is 7.05. The molecule has 17 heteroatoms. The van der Waals surface area contributed by atoms with Gasteiger partial charge in [0.05, 0.1) is 5.69 Å². The lowest BCUT2D eigenvalue weighted by Crippen LogP contribution is -2.61. The minimum atomic E-state index is -6.12. The van der Waals surface area contributed by atoms with Crippen LogP contribution in [-0.4, -0.2) is 62.2 Å². The van der Waals surface area contributed by atoms with Crippen molar-refractivity contribution in [1.29, 1.82) is 0 Å². The van der Waals surface area contributed by atoms with E-state index in [9.17, 15) is 31.1 Å². The first-order chi connectivity index (χ1) is 17.4. The normalized spacial score (nSPS) is 12.8. The number of pyridine rings is 1. The van der Waals surface area contributed by atoms with Gasteiger partial charge in [0.15, 0.2) is 12.3 Å². The number of alkyl halides is 6.